The van der Waals surface area contributed by atoms with Crippen molar-refractivity contribution in [1.29, 1.82) is 0 Å². The summed E-state index contributed by atoms with van der Waals surface area (Å²) in [6, 6.07) is 66.7. The number of phenols is 3. The predicted octanol–water partition coefficient (Wildman–Crippen LogP) is 13.0. The smallest absolute Gasteiger partial charge is 0.183 e. The van der Waals surface area contributed by atoms with Gasteiger partial charge in [0.1, 0.15) is 11.6 Å². The highest BCUT2D eigenvalue weighted by Gasteiger charge is 2.27. The van der Waals surface area contributed by atoms with Crippen molar-refractivity contribution < 1.29 is 15.3 Å². The van der Waals surface area contributed by atoms with Gasteiger partial charge in [-0.15, -0.1) is 0 Å². The molecule has 0 atom stereocenters. The molecule has 0 aliphatic carbocycles. The van der Waals surface area contributed by atoms with Gasteiger partial charge in [-0.25, -0.2) is 4.99 Å². The molecule has 0 spiro atoms. The van der Waals surface area contributed by atoms with E-state index in [1.807, 2.05) is 150 Å². The molecule has 9 aromatic carbocycles. The number of nitrogens with zero attached hydrogens (tertiary/aromatic N) is 4. The number of rotatable bonds is 8. The van der Waals surface area contributed by atoms with Gasteiger partial charge in [-0.05, 0) is 59.5 Å². The first-order valence-electron chi connectivity index (χ1n) is 21.8. The van der Waals surface area contributed by atoms with Gasteiger partial charge in [0.15, 0.2) is 17.3 Å². The first-order chi connectivity index (χ1) is 32.4. The van der Waals surface area contributed by atoms with Gasteiger partial charge in [0.25, 0.3) is 0 Å². The molecule has 318 valence electrons. The van der Waals surface area contributed by atoms with E-state index in [1.165, 1.54) is 0 Å². The van der Waals surface area contributed by atoms with Gasteiger partial charge in [-0.2, -0.15) is 0 Å². The molecule has 8 heteroatoms. The van der Waals surface area contributed by atoms with Crippen LogP contribution in [0.2, 0.25) is 0 Å². The predicted molar refractivity (Wildman–Crippen MR) is 270 cm³/mol. The molecular weight excluding hydrogens is 815 g/mol. The van der Waals surface area contributed by atoms with Crippen molar-refractivity contribution in [2.75, 3.05) is 0 Å². The van der Waals surface area contributed by atoms with Crippen LogP contribution in [0.5, 0.6) is 17.2 Å². The Morgan fingerprint density at radius 3 is 1.61 bits per heavy atom. The largest absolute Gasteiger partial charge is 0.507 e. The summed E-state index contributed by atoms with van der Waals surface area (Å²) in [6.45, 7) is 1.54. The van der Waals surface area contributed by atoms with Crippen LogP contribution in [0.25, 0.3) is 77.2 Å². The number of aromatic nitrogens is 2. The van der Waals surface area contributed by atoms with Crippen LogP contribution in [0, 0.1) is 6.92 Å². The molecule has 0 saturated carbocycles. The van der Waals surface area contributed by atoms with Crippen molar-refractivity contribution in [3.05, 3.63) is 222 Å². The van der Waals surface area contributed by atoms with Crippen LogP contribution in [0.1, 0.15) is 22.3 Å². The maximum Gasteiger partial charge on any atom is 0.183 e. The highest BCUT2D eigenvalue weighted by atomic mass is 16.3. The van der Waals surface area contributed by atoms with E-state index in [0.29, 0.717) is 22.5 Å². The molecule has 0 saturated heterocycles. The van der Waals surface area contributed by atoms with Crippen LogP contribution in [0.4, 0.5) is 0 Å². The van der Waals surface area contributed by atoms with Crippen LogP contribution >= 0.6 is 0 Å². The molecule has 8 nitrogen and oxygen atoms in total. The summed E-state index contributed by atoms with van der Waals surface area (Å²) >= 11 is 0. The van der Waals surface area contributed by atoms with Crippen LogP contribution < -0.4 is 5.73 Å². The van der Waals surface area contributed by atoms with Gasteiger partial charge in [-0.3, -0.25) is 4.99 Å². The number of amidine groups is 2. The fourth-order valence-corrected chi connectivity index (χ4v) is 9.33. The number of nitrogens with two attached hydrogens (primary N) is 1. The Hall–Kier alpha value is -8.88. The molecule has 0 unspecified atom stereocenters. The SMILES string of the molecule is Cc1c(O)c(CN=C(N=C(N)c2ccc(-c3ccccc3)cc2)c2ccc(-c3ccccc3)cc2)c(O)c(O)c1-n1c2ccccc2c2ccc3c(c4ccccc4n3-c3ccccc3)c21. The van der Waals surface area contributed by atoms with E-state index in [1.54, 1.807) is 6.92 Å². The van der Waals surface area contributed by atoms with Crippen LogP contribution in [0.3, 0.4) is 0 Å². The average Bonchev–Trinajstić information content (AvgIpc) is 3.89. The molecule has 0 bridgehead atoms. The lowest BCUT2D eigenvalue weighted by Crippen LogP contribution is -2.16. The van der Waals surface area contributed by atoms with E-state index in [2.05, 4.69) is 59.2 Å². The van der Waals surface area contributed by atoms with Crippen molar-refractivity contribution in [3.63, 3.8) is 0 Å². The summed E-state index contributed by atoms with van der Waals surface area (Å²) < 4.78 is 4.22. The van der Waals surface area contributed by atoms with Crippen molar-refractivity contribution in [3.8, 4) is 50.9 Å². The minimum Gasteiger partial charge on any atom is -0.507 e. The lowest BCUT2D eigenvalue weighted by molar-refractivity contribution is 0.387. The Morgan fingerprint density at radius 1 is 0.470 bits per heavy atom. The number of phenolic OH excluding ortho intramolecular Hbond substituents is 3. The quantitative estimate of drug-likeness (QED) is 0.0526. The number of aliphatic imine (C=N–C) groups is 2. The Kier molecular flexibility index (Phi) is 9.89. The molecule has 5 N–H and O–H groups in total. The first kappa shape index (κ1) is 39.9. The lowest BCUT2D eigenvalue weighted by atomic mass is 10.0. The fourth-order valence-electron chi connectivity index (χ4n) is 9.33. The number of benzene rings is 9. The minimum absolute atomic E-state index is 0.0553. The molecule has 11 aromatic rings. The van der Waals surface area contributed by atoms with E-state index in [0.717, 1.165) is 71.6 Å². The van der Waals surface area contributed by atoms with Crippen LogP contribution in [0.15, 0.2) is 210 Å². The van der Waals surface area contributed by atoms with Crippen molar-refractivity contribution >= 4 is 55.3 Å². The monoisotopic (exact) mass is 857 g/mol. The zero-order valence-corrected chi connectivity index (χ0v) is 36.0. The topological polar surface area (TPSA) is 121 Å². The van der Waals surface area contributed by atoms with Crippen LogP contribution in [-0.4, -0.2) is 36.1 Å². The highest BCUT2D eigenvalue weighted by molar-refractivity contribution is 6.26. The minimum atomic E-state index is -0.478. The van der Waals surface area contributed by atoms with Crippen molar-refractivity contribution in [1.82, 2.24) is 9.13 Å². The van der Waals surface area contributed by atoms with Gasteiger partial charge in [0.2, 0.25) is 0 Å². The molecule has 0 aliphatic heterocycles. The third kappa shape index (κ3) is 6.71. The maximum absolute atomic E-state index is 12.3. The molecule has 0 radical (unpaired) electrons. The molecule has 0 fully saturated rings. The van der Waals surface area contributed by atoms with Gasteiger partial charge < -0.3 is 30.2 Å². The zero-order valence-electron chi connectivity index (χ0n) is 36.0. The first-order valence-corrected chi connectivity index (χ1v) is 21.8. The second-order valence-corrected chi connectivity index (χ2v) is 16.4. The van der Waals surface area contributed by atoms with Gasteiger partial charge in [0, 0.05) is 43.9 Å². The lowest BCUT2D eigenvalue weighted by Gasteiger charge is -2.19. The summed E-state index contributed by atoms with van der Waals surface area (Å²) in [7, 11) is 0. The van der Waals surface area contributed by atoms with Crippen molar-refractivity contribution in [2.45, 2.75) is 13.5 Å². The van der Waals surface area contributed by atoms with Crippen molar-refractivity contribution in [2.24, 2.45) is 15.7 Å². The molecule has 2 heterocycles. The van der Waals surface area contributed by atoms with Gasteiger partial charge >= 0.3 is 0 Å². The number of hydrogen-bond donors (Lipinski definition) is 4. The maximum atomic E-state index is 12.3. The molecule has 0 amide bonds. The second kappa shape index (κ2) is 16.3. The summed E-state index contributed by atoms with van der Waals surface area (Å²) in [6.07, 6.45) is 0. The Bertz CT molecular complexity index is 3660. The summed E-state index contributed by atoms with van der Waals surface area (Å²) in [5, 5.41) is 40.4. The number of aromatic hydroxyl groups is 3. The summed E-state index contributed by atoms with van der Waals surface area (Å²) in [5.74, 6) is -0.513. The van der Waals surface area contributed by atoms with E-state index in [-0.39, 0.29) is 35.1 Å². The van der Waals surface area contributed by atoms with E-state index in [9.17, 15) is 15.3 Å². The summed E-state index contributed by atoms with van der Waals surface area (Å²) in [5.41, 5.74) is 17.7. The van der Waals surface area contributed by atoms with Gasteiger partial charge in [0.05, 0.1) is 39.9 Å². The molecule has 66 heavy (non-hydrogen) atoms. The number of hydrogen-bond acceptors (Lipinski definition) is 4. The van der Waals surface area contributed by atoms with Crippen LogP contribution in [-0.2, 0) is 6.54 Å². The molecular formula is C58H43N5O3. The summed E-state index contributed by atoms with van der Waals surface area (Å²) in [4.78, 5) is 9.77. The zero-order chi connectivity index (χ0) is 44.9. The highest BCUT2D eigenvalue weighted by Crippen LogP contribution is 2.49. The second-order valence-electron chi connectivity index (χ2n) is 16.4. The Labute approximate surface area is 380 Å². The Morgan fingerprint density at radius 2 is 0.985 bits per heavy atom. The van der Waals surface area contributed by atoms with E-state index < -0.39 is 5.75 Å². The third-order valence-electron chi connectivity index (χ3n) is 12.6. The standard InChI is InChI=1S/C58H43N5O3/c1-36-52(63-48-23-13-11-21-44(48)45-33-34-50-51(53(45)63)46-22-12-14-24-49(46)62(50)43-19-9-4-10-20-43)56(66)55(65)47(54(36)64)35-60-58(42-31-27-40(28-32-42)38-17-7-3-8-18-38)61-57(59)41-29-25-39(26-30-41)37-15-5-2-6-16-37/h2-34,64-66H,35H2,1H3,(H2,59,60,61). The molecule has 0 aliphatic rings. The number of fused-ring (bicyclic) bond motifs is 7. The molecule has 2 aromatic heterocycles. The average molecular weight is 858 g/mol. The normalized spacial score (nSPS) is 12.2. The third-order valence-corrected chi connectivity index (χ3v) is 12.6. The number of para-hydroxylation sites is 3. The van der Waals surface area contributed by atoms with Gasteiger partial charge in [-0.1, -0.05) is 170 Å². The van der Waals surface area contributed by atoms with E-state index >= 15 is 0 Å². The van der Waals surface area contributed by atoms with E-state index in [4.69, 9.17) is 15.7 Å². The fraction of sp³-hybridized carbons (Fsp3) is 0.0345. The molecule has 11 rings (SSSR count). The Balaban J connectivity index is 1.06.